The molecule has 142 valence electrons. The molecule has 1 N–H and O–H groups in total. The fourth-order valence-corrected chi connectivity index (χ4v) is 3.86. The minimum absolute atomic E-state index is 0. The predicted molar refractivity (Wildman–Crippen MR) is 118 cm³/mol. The van der Waals surface area contributed by atoms with E-state index in [1.807, 2.05) is 31.3 Å². The third-order valence-corrected chi connectivity index (χ3v) is 5.41. The van der Waals surface area contributed by atoms with E-state index in [2.05, 4.69) is 33.9 Å². The molecule has 0 saturated carbocycles. The van der Waals surface area contributed by atoms with Crippen LogP contribution in [0.5, 0.6) is 5.75 Å². The quantitative estimate of drug-likeness (QED) is 0.282. The lowest BCUT2D eigenvalue weighted by Gasteiger charge is -2.34. The molecule has 1 aliphatic rings. The molecule has 0 spiro atoms. The van der Waals surface area contributed by atoms with Gasteiger partial charge in [0.25, 0.3) is 0 Å². The molecule has 1 aromatic rings. The lowest BCUT2D eigenvalue weighted by atomic mass is 10.2. The third-order valence-electron chi connectivity index (χ3n) is 4.04. The van der Waals surface area contributed by atoms with Crippen LogP contribution in [0.4, 0.5) is 0 Å². The predicted octanol–water partition coefficient (Wildman–Crippen LogP) is 3.23. The number of nitrogens with zero attached hydrogens (tertiary/aromatic N) is 2. The first-order valence-electron chi connectivity index (χ1n) is 8.54. The molecule has 0 amide bonds. The topological polar surface area (TPSA) is 46.1 Å². The Labute approximate surface area is 173 Å². The van der Waals surface area contributed by atoms with Gasteiger partial charge in [-0.3, -0.25) is 4.99 Å². The zero-order chi connectivity index (χ0) is 17.2. The van der Waals surface area contributed by atoms with Crippen LogP contribution in [0, 0.1) is 0 Å². The maximum Gasteiger partial charge on any atom is 0.193 e. The second-order valence-electron chi connectivity index (χ2n) is 5.73. The van der Waals surface area contributed by atoms with E-state index in [4.69, 9.17) is 9.47 Å². The van der Waals surface area contributed by atoms with Crippen LogP contribution in [-0.2, 0) is 11.3 Å². The molecule has 25 heavy (non-hydrogen) atoms. The standard InChI is InChI=1S/C18H29N3O2S.HI/c1-4-17-13-21(9-11-24-17)18(19-2)20-8-10-23-14-15-6-5-7-16(12-15)22-3;/h5-7,12,17H,4,8-11,13-14H2,1-3H3,(H,19,20);1H. The summed E-state index contributed by atoms with van der Waals surface area (Å²) >= 11 is 2.07. The summed E-state index contributed by atoms with van der Waals surface area (Å²) in [6, 6.07) is 7.97. The number of aliphatic imine (C=N–C) groups is 1. The number of thioether (sulfide) groups is 1. The van der Waals surface area contributed by atoms with Crippen molar-refractivity contribution in [3.63, 3.8) is 0 Å². The molecule has 1 fully saturated rings. The number of halogens is 1. The Hall–Kier alpha value is -0.670. The Balaban J connectivity index is 0.00000312. The highest BCUT2D eigenvalue weighted by molar-refractivity contribution is 14.0. The molecule has 1 aromatic carbocycles. The van der Waals surface area contributed by atoms with Gasteiger partial charge in [-0.2, -0.15) is 11.8 Å². The zero-order valence-corrected chi connectivity index (χ0v) is 18.5. The van der Waals surface area contributed by atoms with Crippen molar-refractivity contribution in [2.75, 3.05) is 46.2 Å². The summed E-state index contributed by atoms with van der Waals surface area (Å²) in [6.45, 7) is 6.39. The fraction of sp³-hybridized carbons (Fsp3) is 0.611. The summed E-state index contributed by atoms with van der Waals surface area (Å²) < 4.78 is 11.0. The van der Waals surface area contributed by atoms with Crippen molar-refractivity contribution in [1.82, 2.24) is 10.2 Å². The van der Waals surface area contributed by atoms with Gasteiger partial charge in [0.15, 0.2) is 5.96 Å². The van der Waals surface area contributed by atoms with Crippen LogP contribution in [0.15, 0.2) is 29.3 Å². The summed E-state index contributed by atoms with van der Waals surface area (Å²) in [7, 11) is 3.53. The molecule has 1 aliphatic heterocycles. The molecule has 1 unspecified atom stereocenters. The number of benzene rings is 1. The molecule has 7 heteroatoms. The molecule has 0 aliphatic carbocycles. The van der Waals surface area contributed by atoms with Crippen molar-refractivity contribution in [1.29, 1.82) is 0 Å². The van der Waals surface area contributed by atoms with Gasteiger partial charge in [-0.15, -0.1) is 24.0 Å². The number of guanidine groups is 1. The molecule has 0 bridgehead atoms. The summed E-state index contributed by atoms with van der Waals surface area (Å²) in [5, 5.41) is 4.12. The van der Waals surface area contributed by atoms with Crippen molar-refractivity contribution in [2.24, 2.45) is 4.99 Å². The highest BCUT2D eigenvalue weighted by atomic mass is 127. The minimum atomic E-state index is 0. The SMILES string of the molecule is CCC1CN(C(=NC)NCCOCc2cccc(OC)c2)CCS1.I. The first kappa shape index (κ1) is 22.4. The van der Waals surface area contributed by atoms with E-state index in [0.29, 0.717) is 18.5 Å². The van der Waals surface area contributed by atoms with Crippen molar-refractivity contribution < 1.29 is 9.47 Å². The average Bonchev–Trinajstić information content (AvgIpc) is 2.65. The number of rotatable bonds is 7. The van der Waals surface area contributed by atoms with Crippen LogP contribution in [0.25, 0.3) is 0 Å². The van der Waals surface area contributed by atoms with Crippen molar-refractivity contribution in [3.8, 4) is 5.75 Å². The molecule has 1 heterocycles. The average molecular weight is 479 g/mol. The molecule has 5 nitrogen and oxygen atoms in total. The Morgan fingerprint density at radius 3 is 3.00 bits per heavy atom. The van der Waals surface area contributed by atoms with Gasteiger partial charge >= 0.3 is 0 Å². The van der Waals surface area contributed by atoms with Crippen molar-refractivity contribution in [2.45, 2.75) is 25.2 Å². The van der Waals surface area contributed by atoms with E-state index < -0.39 is 0 Å². The largest absolute Gasteiger partial charge is 0.497 e. The van der Waals surface area contributed by atoms with Crippen molar-refractivity contribution in [3.05, 3.63) is 29.8 Å². The summed E-state index contributed by atoms with van der Waals surface area (Å²) in [4.78, 5) is 6.76. The molecule has 0 radical (unpaired) electrons. The van der Waals surface area contributed by atoms with Crippen LogP contribution in [-0.4, -0.2) is 62.3 Å². The molecular weight excluding hydrogens is 449 g/mol. The zero-order valence-electron chi connectivity index (χ0n) is 15.4. The summed E-state index contributed by atoms with van der Waals surface area (Å²) in [5.41, 5.74) is 1.12. The van der Waals surface area contributed by atoms with Gasteiger partial charge in [0.05, 0.1) is 20.3 Å². The molecule has 1 saturated heterocycles. The highest BCUT2D eigenvalue weighted by Crippen LogP contribution is 2.20. The Kier molecular flexibility index (Phi) is 11.3. The van der Waals surface area contributed by atoms with Gasteiger partial charge in [0, 0.05) is 37.7 Å². The van der Waals surface area contributed by atoms with Crippen molar-refractivity contribution >= 4 is 41.7 Å². The molecule has 0 aromatic heterocycles. The van der Waals surface area contributed by atoms with Gasteiger partial charge in [-0.05, 0) is 24.1 Å². The van der Waals surface area contributed by atoms with E-state index in [1.54, 1.807) is 7.11 Å². The van der Waals surface area contributed by atoms with E-state index in [1.165, 1.54) is 12.2 Å². The van der Waals surface area contributed by atoms with Gasteiger partial charge in [-0.1, -0.05) is 19.1 Å². The fourth-order valence-electron chi connectivity index (χ4n) is 2.68. The minimum Gasteiger partial charge on any atom is -0.497 e. The number of nitrogens with one attached hydrogen (secondary N) is 1. The number of hydrogen-bond donors (Lipinski definition) is 1. The van der Waals surface area contributed by atoms with E-state index in [-0.39, 0.29) is 24.0 Å². The maximum absolute atomic E-state index is 5.75. The normalized spacial score (nSPS) is 17.8. The Morgan fingerprint density at radius 2 is 2.28 bits per heavy atom. The van der Waals surface area contributed by atoms with Crippen LogP contribution in [0.3, 0.4) is 0 Å². The first-order chi connectivity index (χ1) is 11.8. The molecule has 1 atom stereocenters. The highest BCUT2D eigenvalue weighted by Gasteiger charge is 2.21. The van der Waals surface area contributed by atoms with E-state index in [0.717, 1.165) is 36.9 Å². The molecular formula is C18H30IN3O2S. The number of methoxy groups -OCH3 is 1. The summed E-state index contributed by atoms with van der Waals surface area (Å²) in [5.74, 6) is 3.02. The van der Waals surface area contributed by atoms with Crippen LogP contribution >= 0.6 is 35.7 Å². The van der Waals surface area contributed by atoms with E-state index >= 15 is 0 Å². The van der Waals surface area contributed by atoms with Gasteiger partial charge in [-0.25, -0.2) is 0 Å². The molecule has 2 rings (SSSR count). The lowest BCUT2D eigenvalue weighted by Crippen LogP contribution is -2.48. The monoisotopic (exact) mass is 479 g/mol. The maximum atomic E-state index is 5.75. The van der Waals surface area contributed by atoms with Gasteiger partial charge in [0.1, 0.15) is 5.75 Å². The van der Waals surface area contributed by atoms with Gasteiger partial charge < -0.3 is 19.7 Å². The Morgan fingerprint density at radius 1 is 1.44 bits per heavy atom. The van der Waals surface area contributed by atoms with Crippen LogP contribution in [0.2, 0.25) is 0 Å². The van der Waals surface area contributed by atoms with Crippen LogP contribution < -0.4 is 10.1 Å². The Bertz CT molecular complexity index is 531. The second-order valence-corrected chi connectivity index (χ2v) is 7.13. The summed E-state index contributed by atoms with van der Waals surface area (Å²) in [6.07, 6.45) is 1.21. The smallest absolute Gasteiger partial charge is 0.193 e. The van der Waals surface area contributed by atoms with E-state index in [9.17, 15) is 0 Å². The lowest BCUT2D eigenvalue weighted by molar-refractivity contribution is 0.125. The third kappa shape index (κ3) is 7.62. The number of ether oxygens (including phenoxy) is 2. The van der Waals surface area contributed by atoms with Crippen LogP contribution in [0.1, 0.15) is 18.9 Å². The number of hydrogen-bond acceptors (Lipinski definition) is 4. The van der Waals surface area contributed by atoms with Gasteiger partial charge in [0.2, 0.25) is 0 Å². The first-order valence-corrected chi connectivity index (χ1v) is 9.59. The second kappa shape index (κ2) is 12.6.